The topological polar surface area (TPSA) is 15.3 Å². The number of rotatable bonds is 4. The van der Waals surface area contributed by atoms with Gasteiger partial charge in [-0.3, -0.25) is 0 Å². The fourth-order valence-corrected chi connectivity index (χ4v) is 4.45. The molecular weight excluding hydrogens is 280 g/mol. The van der Waals surface area contributed by atoms with Crippen LogP contribution in [0.25, 0.3) is 0 Å². The van der Waals surface area contributed by atoms with Crippen LogP contribution in [0.15, 0.2) is 18.2 Å². The van der Waals surface area contributed by atoms with Gasteiger partial charge in [0.1, 0.15) is 0 Å². The summed E-state index contributed by atoms with van der Waals surface area (Å²) in [6.07, 6.45) is 6.90. The number of anilines is 1. The zero-order chi connectivity index (χ0) is 14.8. The Morgan fingerprint density at radius 2 is 2.10 bits per heavy atom. The number of nitrogens with one attached hydrogen (secondary N) is 1. The van der Waals surface area contributed by atoms with Crippen molar-refractivity contribution in [1.29, 1.82) is 0 Å². The van der Waals surface area contributed by atoms with E-state index in [1.54, 1.807) is 0 Å². The highest BCUT2D eigenvalue weighted by Gasteiger charge is 2.36. The smallest absolute Gasteiger partial charge is 0.0642 e. The van der Waals surface area contributed by atoms with Crippen LogP contribution in [0, 0.1) is 5.92 Å². The predicted molar refractivity (Wildman–Crippen MR) is 91.3 cm³/mol. The van der Waals surface area contributed by atoms with E-state index in [9.17, 15) is 0 Å². The molecule has 0 aromatic heterocycles. The average Bonchev–Trinajstić information content (AvgIpc) is 2.91. The number of hydrogen-bond acceptors (Lipinski definition) is 2. The highest BCUT2D eigenvalue weighted by atomic mass is 35.5. The summed E-state index contributed by atoms with van der Waals surface area (Å²) in [5.74, 6) is 0.898. The molecule has 3 rings (SSSR count). The van der Waals surface area contributed by atoms with Gasteiger partial charge >= 0.3 is 0 Å². The summed E-state index contributed by atoms with van der Waals surface area (Å²) < 4.78 is 0. The summed E-state index contributed by atoms with van der Waals surface area (Å²) in [6, 6.07) is 7.73. The van der Waals surface area contributed by atoms with Crippen LogP contribution in [0.4, 0.5) is 5.69 Å². The van der Waals surface area contributed by atoms with E-state index in [1.807, 2.05) is 0 Å². The lowest BCUT2D eigenvalue weighted by molar-refractivity contribution is 0.342. The quantitative estimate of drug-likeness (QED) is 0.861. The van der Waals surface area contributed by atoms with Gasteiger partial charge in [0.15, 0.2) is 0 Å². The maximum atomic E-state index is 6.62. The normalized spacial score (nSPS) is 26.7. The van der Waals surface area contributed by atoms with Crippen LogP contribution in [-0.4, -0.2) is 19.1 Å². The lowest BCUT2D eigenvalue weighted by Gasteiger charge is -2.34. The molecule has 1 aromatic rings. The molecule has 3 unspecified atom stereocenters. The van der Waals surface area contributed by atoms with E-state index in [-0.39, 0.29) is 0 Å². The molecule has 116 valence electrons. The van der Waals surface area contributed by atoms with E-state index in [2.05, 4.69) is 42.3 Å². The standard InChI is InChI=1S/C18H27ClN2/c1-3-20-13(2)15-8-9-18(16(19)12-15)21-11-10-14-6-4-5-7-17(14)21/h8-9,12-14,17,20H,3-7,10-11H2,1-2H3. The van der Waals surface area contributed by atoms with Crippen molar-refractivity contribution in [3.63, 3.8) is 0 Å². The molecule has 1 saturated carbocycles. The van der Waals surface area contributed by atoms with E-state index in [0.29, 0.717) is 6.04 Å². The fraction of sp³-hybridized carbons (Fsp3) is 0.667. The van der Waals surface area contributed by atoms with Crippen LogP contribution in [0.1, 0.15) is 57.6 Å². The van der Waals surface area contributed by atoms with Crippen molar-refractivity contribution in [2.45, 2.75) is 58.0 Å². The van der Waals surface area contributed by atoms with Gasteiger partial charge < -0.3 is 10.2 Å². The van der Waals surface area contributed by atoms with Crippen molar-refractivity contribution in [2.75, 3.05) is 18.0 Å². The molecule has 2 fully saturated rings. The number of halogens is 1. The number of hydrogen-bond donors (Lipinski definition) is 1. The van der Waals surface area contributed by atoms with Crippen LogP contribution in [0.5, 0.6) is 0 Å². The maximum Gasteiger partial charge on any atom is 0.0642 e. The van der Waals surface area contributed by atoms with Gasteiger partial charge in [0.2, 0.25) is 0 Å². The van der Waals surface area contributed by atoms with Crippen LogP contribution in [0.2, 0.25) is 5.02 Å². The molecule has 1 saturated heterocycles. The Labute approximate surface area is 133 Å². The van der Waals surface area contributed by atoms with Crippen molar-refractivity contribution in [3.8, 4) is 0 Å². The van der Waals surface area contributed by atoms with Gasteiger partial charge in [0.05, 0.1) is 10.7 Å². The molecule has 1 heterocycles. The van der Waals surface area contributed by atoms with Crippen LogP contribution < -0.4 is 10.2 Å². The summed E-state index contributed by atoms with van der Waals surface area (Å²) in [5, 5.41) is 4.37. The third kappa shape index (κ3) is 3.07. The lowest BCUT2D eigenvalue weighted by atomic mass is 9.85. The SMILES string of the molecule is CCNC(C)c1ccc(N2CCC3CCCCC32)c(Cl)c1. The molecule has 0 radical (unpaired) electrons. The molecule has 3 heteroatoms. The Kier molecular flexibility index (Phi) is 4.75. The molecule has 1 aliphatic carbocycles. The van der Waals surface area contributed by atoms with E-state index < -0.39 is 0 Å². The first kappa shape index (κ1) is 15.2. The Hall–Kier alpha value is -0.730. The Balaban J connectivity index is 1.79. The summed E-state index contributed by atoms with van der Waals surface area (Å²) in [4.78, 5) is 2.58. The van der Waals surface area contributed by atoms with E-state index in [1.165, 1.54) is 49.9 Å². The first-order valence-electron chi connectivity index (χ1n) is 8.50. The van der Waals surface area contributed by atoms with E-state index in [4.69, 9.17) is 11.6 Å². The second-order valence-electron chi connectivity index (χ2n) is 6.58. The van der Waals surface area contributed by atoms with E-state index >= 15 is 0 Å². The van der Waals surface area contributed by atoms with Crippen molar-refractivity contribution in [3.05, 3.63) is 28.8 Å². The molecular formula is C18H27ClN2. The van der Waals surface area contributed by atoms with Gasteiger partial charge in [0.25, 0.3) is 0 Å². The van der Waals surface area contributed by atoms with Crippen molar-refractivity contribution < 1.29 is 0 Å². The van der Waals surface area contributed by atoms with Crippen molar-refractivity contribution >= 4 is 17.3 Å². The number of fused-ring (bicyclic) bond motifs is 1. The van der Waals surface area contributed by atoms with Gasteiger partial charge in [0, 0.05) is 18.6 Å². The summed E-state index contributed by atoms with van der Waals surface area (Å²) in [6.45, 7) is 6.50. The maximum absolute atomic E-state index is 6.62. The first-order chi connectivity index (χ1) is 10.2. The van der Waals surface area contributed by atoms with Gasteiger partial charge in [-0.25, -0.2) is 0 Å². The highest BCUT2D eigenvalue weighted by Crippen LogP contribution is 2.41. The fourth-order valence-electron chi connectivity index (χ4n) is 4.15. The Morgan fingerprint density at radius 1 is 1.29 bits per heavy atom. The molecule has 2 nitrogen and oxygen atoms in total. The minimum atomic E-state index is 0.363. The van der Waals surface area contributed by atoms with Gasteiger partial charge in [-0.05, 0) is 56.3 Å². The second kappa shape index (κ2) is 6.58. The Bertz CT molecular complexity index is 488. The van der Waals surface area contributed by atoms with Gasteiger partial charge in [-0.1, -0.05) is 37.4 Å². The van der Waals surface area contributed by atoms with Crippen molar-refractivity contribution in [1.82, 2.24) is 5.32 Å². The summed E-state index contributed by atoms with van der Waals surface area (Å²) >= 11 is 6.62. The molecule has 3 atom stereocenters. The summed E-state index contributed by atoms with van der Waals surface area (Å²) in [5.41, 5.74) is 2.53. The molecule has 0 amide bonds. The molecule has 21 heavy (non-hydrogen) atoms. The van der Waals surface area contributed by atoms with Crippen LogP contribution in [0.3, 0.4) is 0 Å². The molecule has 2 aliphatic rings. The monoisotopic (exact) mass is 306 g/mol. The van der Waals surface area contributed by atoms with Crippen molar-refractivity contribution in [2.24, 2.45) is 5.92 Å². The Morgan fingerprint density at radius 3 is 2.86 bits per heavy atom. The molecule has 0 bridgehead atoms. The van der Waals surface area contributed by atoms with E-state index in [0.717, 1.165) is 23.5 Å². The highest BCUT2D eigenvalue weighted by molar-refractivity contribution is 6.33. The largest absolute Gasteiger partial charge is 0.367 e. The molecule has 0 spiro atoms. The van der Waals surface area contributed by atoms with Crippen LogP contribution in [-0.2, 0) is 0 Å². The first-order valence-corrected chi connectivity index (χ1v) is 8.88. The number of benzene rings is 1. The third-order valence-corrected chi connectivity index (χ3v) is 5.60. The zero-order valence-corrected chi connectivity index (χ0v) is 14.0. The zero-order valence-electron chi connectivity index (χ0n) is 13.2. The predicted octanol–water partition coefficient (Wildman–Crippen LogP) is 4.78. The summed E-state index contributed by atoms with van der Waals surface area (Å²) in [7, 11) is 0. The van der Waals surface area contributed by atoms with Gasteiger partial charge in [-0.15, -0.1) is 0 Å². The molecule has 1 aliphatic heterocycles. The second-order valence-corrected chi connectivity index (χ2v) is 6.99. The van der Waals surface area contributed by atoms with Gasteiger partial charge in [-0.2, -0.15) is 0 Å². The van der Waals surface area contributed by atoms with Crippen LogP contribution >= 0.6 is 11.6 Å². The molecule has 1 N–H and O–H groups in total. The minimum Gasteiger partial charge on any atom is -0.367 e. The lowest BCUT2D eigenvalue weighted by Crippen LogP contribution is -2.34. The third-order valence-electron chi connectivity index (χ3n) is 5.30. The molecule has 1 aromatic carbocycles. The average molecular weight is 307 g/mol. The number of nitrogens with zero attached hydrogens (tertiary/aromatic N) is 1. The minimum absolute atomic E-state index is 0.363.